The van der Waals surface area contributed by atoms with Crippen molar-refractivity contribution >= 4 is 16.9 Å². The van der Waals surface area contributed by atoms with E-state index in [0.717, 1.165) is 46.0 Å². The highest BCUT2D eigenvalue weighted by atomic mass is 16.5. The minimum atomic E-state index is 0.0965. The van der Waals surface area contributed by atoms with Crippen molar-refractivity contribution in [3.8, 4) is 17.0 Å². The van der Waals surface area contributed by atoms with Crippen molar-refractivity contribution < 1.29 is 9.47 Å². The molecule has 182 valence electrons. The van der Waals surface area contributed by atoms with Crippen LogP contribution < -0.4 is 9.64 Å². The first-order valence-electron chi connectivity index (χ1n) is 12.1. The number of anilines is 1. The lowest BCUT2D eigenvalue weighted by molar-refractivity contribution is 0.206. The average Bonchev–Trinajstić information content (AvgIpc) is 2.85. The van der Waals surface area contributed by atoms with Crippen molar-refractivity contribution in [1.29, 1.82) is 0 Å². The Labute approximate surface area is 208 Å². The number of hydrogen-bond donors (Lipinski definition) is 0. The molecule has 0 amide bonds. The van der Waals surface area contributed by atoms with Crippen LogP contribution in [0.4, 0.5) is 5.82 Å². The van der Waals surface area contributed by atoms with Crippen LogP contribution in [-0.4, -0.2) is 37.3 Å². The minimum absolute atomic E-state index is 0.0965. The maximum absolute atomic E-state index is 6.36. The van der Waals surface area contributed by atoms with Crippen LogP contribution >= 0.6 is 0 Å². The summed E-state index contributed by atoms with van der Waals surface area (Å²) in [5, 5.41) is 0. The number of likely N-dealkylation sites (N-methyl/N-ethyl adjacent to an activating group) is 1. The fourth-order valence-electron chi connectivity index (χ4n) is 4.02. The summed E-state index contributed by atoms with van der Waals surface area (Å²) in [6, 6.07) is 22.9. The highest BCUT2D eigenvalue weighted by Crippen LogP contribution is 2.34. The number of hydrogen-bond acceptors (Lipinski definition) is 5. The number of ether oxygens (including phenoxy) is 2. The molecule has 2 aromatic heterocycles. The summed E-state index contributed by atoms with van der Waals surface area (Å²) in [6.07, 6.45) is 0. The molecule has 0 fully saturated rings. The van der Waals surface area contributed by atoms with Crippen LogP contribution in [0.5, 0.6) is 5.75 Å². The number of aryl methyl sites for hydroxylation is 1. The van der Waals surface area contributed by atoms with E-state index in [4.69, 9.17) is 19.4 Å². The van der Waals surface area contributed by atoms with Gasteiger partial charge in [-0.25, -0.2) is 9.97 Å². The molecule has 0 aliphatic carbocycles. The quantitative estimate of drug-likeness (QED) is 0.292. The van der Waals surface area contributed by atoms with Crippen LogP contribution in [0.1, 0.15) is 37.5 Å². The molecule has 0 unspecified atom stereocenters. The molecule has 0 bridgehead atoms. The van der Waals surface area contributed by atoms with E-state index in [-0.39, 0.29) is 5.41 Å². The van der Waals surface area contributed by atoms with E-state index in [2.05, 4.69) is 62.9 Å². The first-order valence-corrected chi connectivity index (χ1v) is 12.1. The van der Waals surface area contributed by atoms with Crippen molar-refractivity contribution in [2.75, 3.05) is 32.2 Å². The maximum Gasteiger partial charge on any atom is 0.149 e. The number of pyridine rings is 2. The van der Waals surface area contributed by atoms with Crippen LogP contribution in [0, 0.1) is 6.92 Å². The molecule has 0 saturated heterocycles. The summed E-state index contributed by atoms with van der Waals surface area (Å²) >= 11 is 0. The molecule has 0 N–H and O–H groups in total. The van der Waals surface area contributed by atoms with Crippen LogP contribution in [-0.2, 0) is 16.8 Å². The molecule has 5 heteroatoms. The molecule has 0 radical (unpaired) electrons. The van der Waals surface area contributed by atoms with Gasteiger partial charge in [0, 0.05) is 32.3 Å². The molecule has 0 aliphatic rings. The van der Waals surface area contributed by atoms with E-state index in [1.807, 2.05) is 43.4 Å². The standard InChI is InChI=1S/C30H35N3O2/c1-21-18-23(30(2,3)4)12-13-24(21)26-19-27(35-20-22-10-8-7-9-11-22)29-25(31-26)14-15-28(32-29)33(5)16-17-34-6/h7-15,18-19H,16-17,20H2,1-6H3. The van der Waals surface area contributed by atoms with Gasteiger partial charge in [0.05, 0.1) is 17.8 Å². The predicted molar refractivity (Wildman–Crippen MR) is 144 cm³/mol. The molecule has 0 aliphatic heterocycles. The third-order valence-electron chi connectivity index (χ3n) is 6.23. The van der Waals surface area contributed by atoms with Gasteiger partial charge in [-0.2, -0.15) is 0 Å². The third-order valence-corrected chi connectivity index (χ3v) is 6.23. The van der Waals surface area contributed by atoms with E-state index in [1.165, 1.54) is 11.1 Å². The Bertz CT molecular complexity index is 1300. The van der Waals surface area contributed by atoms with Gasteiger partial charge in [0.15, 0.2) is 0 Å². The second-order valence-electron chi connectivity index (χ2n) is 10.0. The van der Waals surface area contributed by atoms with E-state index in [0.29, 0.717) is 13.2 Å². The Morgan fingerprint density at radius 2 is 1.69 bits per heavy atom. The minimum Gasteiger partial charge on any atom is -0.486 e. The zero-order chi connectivity index (χ0) is 25.0. The van der Waals surface area contributed by atoms with E-state index < -0.39 is 0 Å². The molecular weight excluding hydrogens is 434 g/mol. The number of aromatic nitrogens is 2. The Balaban J connectivity index is 1.78. The van der Waals surface area contributed by atoms with Gasteiger partial charge in [-0.3, -0.25) is 0 Å². The predicted octanol–water partition coefficient (Wildman–Crippen LogP) is 6.56. The van der Waals surface area contributed by atoms with Gasteiger partial charge < -0.3 is 14.4 Å². The zero-order valence-electron chi connectivity index (χ0n) is 21.6. The molecule has 5 nitrogen and oxygen atoms in total. The molecule has 35 heavy (non-hydrogen) atoms. The molecule has 0 spiro atoms. The highest BCUT2D eigenvalue weighted by molar-refractivity contribution is 5.86. The molecule has 0 saturated carbocycles. The molecule has 2 heterocycles. The van der Waals surface area contributed by atoms with Gasteiger partial charge >= 0.3 is 0 Å². The smallest absolute Gasteiger partial charge is 0.149 e. The van der Waals surface area contributed by atoms with Crippen molar-refractivity contribution in [3.63, 3.8) is 0 Å². The fourth-order valence-corrected chi connectivity index (χ4v) is 4.02. The number of rotatable bonds is 8. The average molecular weight is 470 g/mol. The normalized spacial score (nSPS) is 11.6. The summed E-state index contributed by atoms with van der Waals surface area (Å²) in [4.78, 5) is 12.0. The van der Waals surface area contributed by atoms with Gasteiger partial charge in [-0.05, 0) is 41.2 Å². The lowest BCUT2D eigenvalue weighted by atomic mass is 9.85. The van der Waals surface area contributed by atoms with Crippen molar-refractivity contribution in [2.45, 2.75) is 39.7 Å². The summed E-state index contributed by atoms with van der Waals surface area (Å²) in [7, 11) is 3.72. The summed E-state index contributed by atoms with van der Waals surface area (Å²) in [5.74, 6) is 1.59. The van der Waals surface area contributed by atoms with Gasteiger partial charge in [-0.1, -0.05) is 69.3 Å². The number of fused-ring (bicyclic) bond motifs is 1. The molecule has 4 rings (SSSR count). The van der Waals surface area contributed by atoms with E-state index in [1.54, 1.807) is 7.11 Å². The van der Waals surface area contributed by atoms with Gasteiger partial charge in [0.1, 0.15) is 23.7 Å². The third kappa shape index (κ3) is 5.80. The lowest BCUT2D eigenvalue weighted by Gasteiger charge is -2.21. The first-order chi connectivity index (χ1) is 16.8. The van der Waals surface area contributed by atoms with Crippen LogP contribution in [0.2, 0.25) is 0 Å². The number of nitrogens with zero attached hydrogens (tertiary/aromatic N) is 3. The van der Waals surface area contributed by atoms with Gasteiger partial charge in [0.2, 0.25) is 0 Å². The van der Waals surface area contributed by atoms with Crippen LogP contribution in [0.3, 0.4) is 0 Å². The topological polar surface area (TPSA) is 47.5 Å². The number of methoxy groups -OCH3 is 1. The van der Waals surface area contributed by atoms with E-state index >= 15 is 0 Å². The van der Waals surface area contributed by atoms with Crippen molar-refractivity contribution in [2.24, 2.45) is 0 Å². The summed E-state index contributed by atoms with van der Waals surface area (Å²) in [6.45, 7) is 10.7. The Morgan fingerprint density at radius 1 is 0.914 bits per heavy atom. The fraction of sp³-hybridized carbons (Fsp3) is 0.333. The molecule has 2 aromatic carbocycles. The second kappa shape index (κ2) is 10.4. The summed E-state index contributed by atoms with van der Waals surface area (Å²) in [5.41, 5.74) is 7.28. The Morgan fingerprint density at radius 3 is 2.37 bits per heavy atom. The van der Waals surface area contributed by atoms with Crippen LogP contribution in [0.15, 0.2) is 66.7 Å². The Hall–Kier alpha value is -3.44. The largest absolute Gasteiger partial charge is 0.486 e. The highest BCUT2D eigenvalue weighted by Gasteiger charge is 2.17. The van der Waals surface area contributed by atoms with Gasteiger partial charge in [0.25, 0.3) is 0 Å². The van der Waals surface area contributed by atoms with Gasteiger partial charge in [-0.15, -0.1) is 0 Å². The van der Waals surface area contributed by atoms with Crippen molar-refractivity contribution in [1.82, 2.24) is 9.97 Å². The first kappa shape index (κ1) is 24.7. The number of benzene rings is 2. The zero-order valence-corrected chi connectivity index (χ0v) is 21.6. The molecular formula is C30H35N3O2. The summed E-state index contributed by atoms with van der Waals surface area (Å²) < 4.78 is 11.6. The molecule has 4 aromatic rings. The lowest BCUT2D eigenvalue weighted by Crippen LogP contribution is -2.23. The Kier molecular flexibility index (Phi) is 7.37. The molecule has 0 atom stereocenters. The maximum atomic E-state index is 6.36. The van der Waals surface area contributed by atoms with Crippen molar-refractivity contribution in [3.05, 3.63) is 83.4 Å². The second-order valence-corrected chi connectivity index (χ2v) is 10.0. The van der Waals surface area contributed by atoms with Crippen LogP contribution in [0.25, 0.3) is 22.3 Å². The SMILES string of the molecule is COCCN(C)c1ccc2nc(-c3ccc(C(C)(C)C)cc3C)cc(OCc3ccccc3)c2n1. The monoisotopic (exact) mass is 469 g/mol. The van der Waals surface area contributed by atoms with E-state index in [9.17, 15) is 0 Å².